The van der Waals surface area contributed by atoms with Crippen LogP contribution in [0.4, 0.5) is 0 Å². The summed E-state index contributed by atoms with van der Waals surface area (Å²) in [7, 11) is 0. The summed E-state index contributed by atoms with van der Waals surface area (Å²) in [6.45, 7) is 10.5. The minimum Gasteiger partial charge on any atom is -0.374 e. The molecule has 1 aliphatic rings. The summed E-state index contributed by atoms with van der Waals surface area (Å²) in [4.78, 5) is 2.40. The van der Waals surface area contributed by atoms with E-state index < -0.39 is 0 Å². The summed E-state index contributed by atoms with van der Waals surface area (Å²) in [6, 6.07) is 0.175. The number of morpholine rings is 1. The SMILES string of the molecule is CCN1CCOC(C(N)C(C)C)C1. The van der Waals surface area contributed by atoms with Gasteiger partial charge >= 0.3 is 0 Å². The molecule has 2 atom stereocenters. The van der Waals surface area contributed by atoms with Crippen LogP contribution in [0.2, 0.25) is 0 Å². The highest BCUT2D eigenvalue weighted by Crippen LogP contribution is 2.12. The lowest BCUT2D eigenvalue weighted by Crippen LogP contribution is -2.52. The third-order valence-electron chi connectivity index (χ3n) is 2.82. The minimum absolute atomic E-state index is 0.175. The van der Waals surface area contributed by atoms with E-state index in [1.54, 1.807) is 0 Å². The van der Waals surface area contributed by atoms with E-state index in [-0.39, 0.29) is 12.1 Å². The largest absolute Gasteiger partial charge is 0.374 e. The number of likely N-dealkylation sites (N-methyl/N-ethyl adjacent to an activating group) is 1. The highest BCUT2D eigenvalue weighted by atomic mass is 16.5. The molecule has 1 fully saturated rings. The van der Waals surface area contributed by atoms with Crippen molar-refractivity contribution in [3.8, 4) is 0 Å². The summed E-state index contributed by atoms with van der Waals surface area (Å²) in [5.74, 6) is 0.502. The first kappa shape index (κ1) is 11.0. The Balaban J connectivity index is 2.41. The van der Waals surface area contributed by atoms with E-state index in [9.17, 15) is 0 Å². The molecule has 0 amide bonds. The van der Waals surface area contributed by atoms with E-state index in [2.05, 4.69) is 25.7 Å². The number of ether oxygens (including phenoxy) is 1. The number of nitrogens with zero attached hydrogens (tertiary/aromatic N) is 1. The molecule has 0 aromatic heterocycles. The fourth-order valence-electron chi connectivity index (χ4n) is 1.68. The number of rotatable bonds is 3. The van der Waals surface area contributed by atoms with Crippen LogP contribution >= 0.6 is 0 Å². The van der Waals surface area contributed by atoms with Crippen LogP contribution in [-0.2, 0) is 4.74 Å². The quantitative estimate of drug-likeness (QED) is 0.705. The first-order valence-corrected chi connectivity index (χ1v) is 5.24. The zero-order valence-corrected chi connectivity index (χ0v) is 8.99. The second-order valence-corrected chi connectivity index (χ2v) is 4.12. The van der Waals surface area contributed by atoms with Gasteiger partial charge in [-0.2, -0.15) is 0 Å². The molecule has 0 aliphatic carbocycles. The number of hydrogen-bond acceptors (Lipinski definition) is 3. The predicted molar refractivity (Wildman–Crippen MR) is 54.7 cm³/mol. The van der Waals surface area contributed by atoms with Crippen LogP contribution < -0.4 is 5.73 Å². The van der Waals surface area contributed by atoms with Gasteiger partial charge in [-0.05, 0) is 12.5 Å². The lowest BCUT2D eigenvalue weighted by Gasteiger charge is -2.36. The molecule has 1 saturated heterocycles. The van der Waals surface area contributed by atoms with Crippen LogP contribution in [-0.4, -0.2) is 43.3 Å². The minimum atomic E-state index is 0.175. The fraction of sp³-hybridized carbons (Fsp3) is 1.00. The van der Waals surface area contributed by atoms with Gasteiger partial charge in [-0.1, -0.05) is 20.8 Å². The van der Waals surface area contributed by atoms with Gasteiger partial charge in [-0.3, -0.25) is 4.90 Å². The third-order valence-corrected chi connectivity index (χ3v) is 2.82. The van der Waals surface area contributed by atoms with E-state index in [0.29, 0.717) is 5.92 Å². The molecule has 78 valence electrons. The second-order valence-electron chi connectivity index (χ2n) is 4.12. The van der Waals surface area contributed by atoms with Gasteiger partial charge in [-0.25, -0.2) is 0 Å². The van der Waals surface area contributed by atoms with Crippen molar-refractivity contribution < 1.29 is 4.74 Å². The summed E-state index contributed by atoms with van der Waals surface area (Å²) in [6.07, 6.45) is 0.230. The Bertz CT molecular complexity index is 150. The average molecular weight is 186 g/mol. The standard InChI is InChI=1S/C10H22N2O/c1-4-12-5-6-13-9(7-12)10(11)8(2)3/h8-10H,4-7,11H2,1-3H3. The Kier molecular flexibility index (Phi) is 4.16. The highest BCUT2D eigenvalue weighted by Gasteiger charge is 2.26. The normalized spacial score (nSPS) is 27.9. The van der Waals surface area contributed by atoms with Crippen LogP contribution in [0.15, 0.2) is 0 Å². The first-order chi connectivity index (χ1) is 6.15. The van der Waals surface area contributed by atoms with Gasteiger partial charge in [0.2, 0.25) is 0 Å². The molecule has 13 heavy (non-hydrogen) atoms. The van der Waals surface area contributed by atoms with Crippen LogP contribution in [0.3, 0.4) is 0 Å². The van der Waals surface area contributed by atoms with Gasteiger partial charge in [0.15, 0.2) is 0 Å². The Morgan fingerprint density at radius 2 is 2.23 bits per heavy atom. The maximum absolute atomic E-state index is 6.06. The fourth-order valence-corrected chi connectivity index (χ4v) is 1.68. The van der Waals surface area contributed by atoms with Crippen LogP contribution in [0.1, 0.15) is 20.8 Å². The summed E-state index contributed by atoms with van der Waals surface area (Å²) < 4.78 is 5.67. The topological polar surface area (TPSA) is 38.5 Å². The maximum atomic E-state index is 6.06. The Labute approximate surface area is 81.2 Å². The van der Waals surface area contributed by atoms with Crippen molar-refractivity contribution >= 4 is 0 Å². The van der Waals surface area contributed by atoms with E-state index >= 15 is 0 Å². The summed E-state index contributed by atoms with van der Waals surface area (Å²) in [5, 5.41) is 0. The summed E-state index contributed by atoms with van der Waals surface area (Å²) in [5.41, 5.74) is 6.06. The van der Waals surface area contributed by atoms with Crippen molar-refractivity contribution in [2.24, 2.45) is 11.7 Å². The molecule has 0 aromatic rings. The van der Waals surface area contributed by atoms with Crippen molar-refractivity contribution in [3.63, 3.8) is 0 Å². The molecule has 1 heterocycles. The zero-order valence-electron chi connectivity index (χ0n) is 8.99. The van der Waals surface area contributed by atoms with Crippen molar-refractivity contribution in [1.82, 2.24) is 4.90 Å². The van der Waals surface area contributed by atoms with E-state index in [4.69, 9.17) is 10.5 Å². The molecule has 0 aromatic carbocycles. The Morgan fingerprint density at radius 1 is 1.54 bits per heavy atom. The molecule has 3 nitrogen and oxygen atoms in total. The molecule has 0 saturated carbocycles. The molecule has 2 N–H and O–H groups in total. The molecule has 1 aliphatic heterocycles. The molecule has 2 unspecified atom stereocenters. The van der Waals surface area contributed by atoms with Crippen LogP contribution in [0, 0.1) is 5.92 Å². The van der Waals surface area contributed by atoms with E-state index in [0.717, 1.165) is 26.2 Å². The smallest absolute Gasteiger partial charge is 0.0855 e. The van der Waals surface area contributed by atoms with Gasteiger partial charge in [0.05, 0.1) is 12.7 Å². The molecular weight excluding hydrogens is 164 g/mol. The predicted octanol–water partition coefficient (Wildman–Crippen LogP) is 0.690. The zero-order chi connectivity index (χ0) is 9.84. The van der Waals surface area contributed by atoms with Crippen LogP contribution in [0.25, 0.3) is 0 Å². The van der Waals surface area contributed by atoms with Gasteiger partial charge in [-0.15, -0.1) is 0 Å². The van der Waals surface area contributed by atoms with Gasteiger partial charge < -0.3 is 10.5 Å². The molecule has 1 rings (SSSR count). The van der Waals surface area contributed by atoms with Crippen molar-refractivity contribution in [1.29, 1.82) is 0 Å². The molecular formula is C10H22N2O. The third kappa shape index (κ3) is 2.93. The second kappa shape index (κ2) is 4.94. The molecule has 0 spiro atoms. The van der Waals surface area contributed by atoms with Crippen molar-refractivity contribution in [2.75, 3.05) is 26.2 Å². The lowest BCUT2D eigenvalue weighted by atomic mass is 9.98. The molecule has 0 bridgehead atoms. The highest BCUT2D eigenvalue weighted by molar-refractivity contribution is 4.82. The van der Waals surface area contributed by atoms with Gasteiger partial charge in [0, 0.05) is 19.1 Å². The summed E-state index contributed by atoms with van der Waals surface area (Å²) >= 11 is 0. The van der Waals surface area contributed by atoms with Gasteiger partial charge in [0.25, 0.3) is 0 Å². The van der Waals surface area contributed by atoms with E-state index in [1.165, 1.54) is 0 Å². The Hall–Kier alpha value is -0.120. The first-order valence-electron chi connectivity index (χ1n) is 5.24. The lowest BCUT2D eigenvalue weighted by molar-refractivity contribution is -0.0454. The molecule has 0 radical (unpaired) electrons. The van der Waals surface area contributed by atoms with Crippen molar-refractivity contribution in [3.05, 3.63) is 0 Å². The molecule has 3 heteroatoms. The average Bonchev–Trinajstić information content (AvgIpc) is 2.16. The van der Waals surface area contributed by atoms with Crippen molar-refractivity contribution in [2.45, 2.75) is 32.9 Å². The number of nitrogens with two attached hydrogens (primary N) is 1. The van der Waals surface area contributed by atoms with Crippen LogP contribution in [0.5, 0.6) is 0 Å². The van der Waals surface area contributed by atoms with E-state index in [1.807, 2.05) is 0 Å². The van der Waals surface area contributed by atoms with Gasteiger partial charge in [0.1, 0.15) is 0 Å². The maximum Gasteiger partial charge on any atom is 0.0855 e. The number of hydrogen-bond donors (Lipinski definition) is 1. The monoisotopic (exact) mass is 186 g/mol. The Morgan fingerprint density at radius 3 is 2.77 bits per heavy atom.